The normalized spacial score (nSPS) is 10.4. The fraction of sp³-hybridized carbons (Fsp3) is 0. The Hall–Kier alpha value is -4.30. The molecule has 0 saturated heterocycles. The van der Waals surface area contributed by atoms with Crippen molar-refractivity contribution in [1.29, 1.82) is 0 Å². The second kappa shape index (κ2) is 23.1. The summed E-state index contributed by atoms with van der Waals surface area (Å²) >= 11 is 6.39. The Kier molecular flexibility index (Phi) is 18.3. The Bertz CT molecular complexity index is 2200. The van der Waals surface area contributed by atoms with Gasteiger partial charge in [0.25, 0.3) is 0 Å². The van der Waals surface area contributed by atoms with Crippen LogP contribution in [0.3, 0.4) is 0 Å². The molecule has 0 aliphatic carbocycles. The van der Waals surface area contributed by atoms with E-state index in [0.29, 0.717) is 3.95 Å². The summed E-state index contributed by atoms with van der Waals surface area (Å²) < 4.78 is 34.5. The largest absolute Gasteiger partial charge is 0.425 e. The van der Waals surface area contributed by atoms with Gasteiger partial charge < -0.3 is 9.36 Å². The summed E-state index contributed by atoms with van der Waals surface area (Å²) in [6.07, 6.45) is 1.79. The zero-order chi connectivity index (χ0) is 38.9. The summed E-state index contributed by atoms with van der Waals surface area (Å²) in [5.74, 6) is 0. The van der Waals surface area contributed by atoms with Crippen molar-refractivity contribution in [1.82, 2.24) is 4.57 Å². The maximum atomic E-state index is 10.5. The molecule has 0 aliphatic heterocycles. The van der Waals surface area contributed by atoms with Crippen molar-refractivity contribution in [2.75, 3.05) is 0 Å². The predicted molar refractivity (Wildman–Crippen MR) is 236 cm³/mol. The molecule has 0 bridgehead atoms. The van der Waals surface area contributed by atoms with E-state index in [-0.39, 0.29) is 20.1 Å². The molecule has 0 fully saturated rings. The van der Waals surface area contributed by atoms with Crippen LogP contribution >= 0.6 is 39.4 Å². The Balaban J connectivity index is 0.000000178. The molecule has 12 heteroatoms. The molecule has 1 heterocycles. The van der Waals surface area contributed by atoms with Gasteiger partial charge in [0.2, 0.25) is 0 Å². The molecule has 2 N–H and O–H groups in total. The number of benzene rings is 7. The van der Waals surface area contributed by atoms with Crippen molar-refractivity contribution in [2.45, 2.75) is 0 Å². The van der Waals surface area contributed by atoms with Crippen molar-refractivity contribution in [3.63, 3.8) is 0 Å². The zero-order valence-corrected chi connectivity index (χ0v) is 36.3. The van der Waals surface area contributed by atoms with Gasteiger partial charge >= 0.3 is 10.4 Å². The van der Waals surface area contributed by atoms with E-state index in [9.17, 15) is 4.79 Å². The SMILES string of the molecule is O=S(=O)(O)O.O=[C-]n1c(=S)sc2ccccc21.[Ir].c1ccc(P(c2ccccc2)c2ccccc2)cc1.c1ccc(P(c2ccccc2)c2ccccc2)cc1. The first-order chi connectivity index (χ1) is 26.7. The van der Waals surface area contributed by atoms with Crippen molar-refractivity contribution in [2.24, 2.45) is 0 Å². The van der Waals surface area contributed by atoms with Crippen LogP contribution in [0.4, 0.5) is 0 Å². The molecule has 8 aromatic rings. The summed E-state index contributed by atoms with van der Waals surface area (Å²) in [5, 5.41) is 8.39. The molecule has 285 valence electrons. The zero-order valence-electron chi connectivity index (χ0n) is 29.6. The van der Waals surface area contributed by atoms with Gasteiger partial charge in [0, 0.05) is 20.1 Å². The minimum Gasteiger partial charge on any atom is -0.425 e. The summed E-state index contributed by atoms with van der Waals surface area (Å²) in [4.78, 5) is 10.5. The molecule has 6 nitrogen and oxygen atoms in total. The first-order valence-corrected chi connectivity index (χ1v) is 22.1. The summed E-state index contributed by atoms with van der Waals surface area (Å²) in [7, 11) is -5.56. The van der Waals surface area contributed by atoms with E-state index >= 15 is 0 Å². The minimum atomic E-state index is -4.67. The number of nitrogens with zero attached hydrogens (tertiary/aromatic N) is 1. The second-order valence-electron chi connectivity index (χ2n) is 11.4. The summed E-state index contributed by atoms with van der Waals surface area (Å²) in [6, 6.07) is 72.2. The van der Waals surface area contributed by atoms with E-state index in [1.54, 1.807) is 6.41 Å². The number of aromatic nitrogens is 1. The van der Waals surface area contributed by atoms with Gasteiger partial charge in [-0.15, -0.1) is 12.2 Å². The van der Waals surface area contributed by atoms with Crippen LogP contribution in [0, 0.1) is 3.95 Å². The number of hydrogen-bond donors (Lipinski definition) is 2. The first kappa shape index (κ1) is 44.4. The number of rotatable bonds is 7. The molecular formula is C44H36IrNO5P2S3-. The number of thiazole rings is 1. The molecular weight excluding hydrogens is 973 g/mol. The number of para-hydroxylation sites is 1. The summed E-state index contributed by atoms with van der Waals surface area (Å²) in [6.45, 7) is 0. The smallest absolute Gasteiger partial charge is 0.394 e. The Morgan fingerprint density at radius 3 is 0.946 bits per heavy atom. The Morgan fingerprint density at radius 1 is 0.464 bits per heavy atom. The molecule has 0 atom stereocenters. The molecule has 0 saturated carbocycles. The van der Waals surface area contributed by atoms with Crippen molar-refractivity contribution < 1.29 is 42.4 Å². The van der Waals surface area contributed by atoms with Gasteiger partial charge in [-0.25, -0.2) is 0 Å². The molecule has 0 amide bonds. The topological polar surface area (TPSA) is 96.6 Å². The van der Waals surface area contributed by atoms with Gasteiger partial charge in [0.05, 0.1) is 3.95 Å². The average molecular weight is 1010 g/mol. The molecule has 7 aromatic carbocycles. The van der Waals surface area contributed by atoms with E-state index in [2.05, 4.69) is 182 Å². The van der Waals surface area contributed by atoms with Crippen LogP contribution < -0.4 is 31.8 Å². The van der Waals surface area contributed by atoms with Crippen LogP contribution in [0.1, 0.15) is 0 Å². The van der Waals surface area contributed by atoms with E-state index < -0.39 is 26.2 Å². The fourth-order valence-corrected chi connectivity index (χ4v) is 11.3. The predicted octanol–water partition coefficient (Wildman–Crippen LogP) is 8.58. The van der Waals surface area contributed by atoms with Gasteiger partial charge in [-0.3, -0.25) is 9.11 Å². The maximum absolute atomic E-state index is 10.5. The summed E-state index contributed by atoms with van der Waals surface area (Å²) in [5.41, 5.74) is 0.836. The minimum absolute atomic E-state index is 0. The third-order valence-electron chi connectivity index (χ3n) is 7.66. The van der Waals surface area contributed by atoms with Crippen molar-refractivity contribution in [3.8, 4) is 0 Å². The molecule has 1 aromatic heterocycles. The molecule has 8 rings (SSSR count). The third-order valence-corrected chi connectivity index (χ3v) is 13.9. The fourth-order valence-electron chi connectivity index (χ4n) is 5.41. The van der Waals surface area contributed by atoms with Gasteiger partial charge in [0.15, 0.2) is 0 Å². The monoisotopic (exact) mass is 1010 g/mol. The van der Waals surface area contributed by atoms with Gasteiger partial charge in [-0.2, -0.15) is 19.8 Å². The van der Waals surface area contributed by atoms with Crippen molar-refractivity contribution in [3.05, 3.63) is 210 Å². The molecule has 0 aliphatic rings. The molecule has 1 radical (unpaired) electrons. The molecule has 56 heavy (non-hydrogen) atoms. The van der Waals surface area contributed by atoms with Gasteiger partial charge in [-0.1, -0.05) is 206 Å². The molecule has 0 unspecified atom stereocenters. The Labute approximate surface area is 353 Å². The number of carbonyl (C=O) groups excluding carboxylic acids is 1. The standard InChI is InChI=1S/2C18H15P.C8H4NOS2.Ir.H2O4S/c2*1-4-10-16(11-5-1)19(17-12-6-2-7-13-17)18-14-8-3-9-15-18;10-5-9-6-3-1-2-4-7(6)12-8(9)11;;1-5(2,3)4/h2*1-15H;1-4H;;(H2,1,2,3,4)/q;;-1;;. The van der Waals surface area contributed by atoms with Crippen molar-refractivity contribution >= 4 is 98.3 Å². The first-order valence-electron chi connectivity index (χ1n) is 16.8. The maximum Gasteiger partial charge on any atom is 0.394 e. The van der Waals surface area contributed by atoms with Gasteiger partial charge in [0.1, 0.15) is 6.41 Å². The van der Waals surface area contributed by atoms with Crippen LogP contribution in [0.2, 0.25) is 0 Å². The number of hydrogen-bond acceptors (Lipinski definition) is 5. The van der Waals surface area contributed by atoms with E-state index in [4.69, 9.17) is 29.7 Å². The van der Waals surface area contributed by atoms with Crippen LogP contribution in [-0.4, -0.2) is 28.5 Å². The van der Waals surface area contributed by atoms with E-state index in [1.165, 1.54) is 47.7 Å². The quantitative estimate of drug-likeness (QED) is 0.0720. The Morgan fingerprint density at radius 2 is 0.696 bits per heavy atom. The second-order valence-corrected chi connectivity index (χ2v) is 18.4. The molecule has 0 spiro atoms. The van der Waals surface area contributed by atoms with Crippen LogP contribution in [0.15, 0.2) is 206 Å². The number of fused-ring (bicyclic) bond motifs is 1. The van der Waals surface area contributed by atoms with Crippen LogP contribution in [0.5, 0.6) is 0 Å². The van der Waals surface area contributed by atoms with Gasteiger partial charge in [-0.05, 0) is 57.9 Å². The van der Waals surface area contributed by atoms with E-state index in [1.807, 2.05) is 24.3 Å². The van der Waals surface area contributed by atoms with Crippen LogP contribution in [0.25, 0.3) is 10.2 Å². The average Bonchev–Trinajstić information content (AvgIpc) is 3.55. The van der Waals surface area contributed by atoms with Crippen LogP contribution in [-0.2, 0) is 35.3 Å². The third kappa shape index (κ3) is 13.7. The van der Waals surface area contributed by atoms with E-state index in [0.717, 1.165) is 10.2 Å².